The van der Waals surface area contributed by atoms with Gasteiger partial charge >= 0.3 is 0 Å². The predicted molar refractivity (Wildman–Crippen MR) is 100 cm³/mol. The van der Waals surface area contributed by atoms with E-state index < -0.39 is 10.2 Å². The SMILES string of the molecule is CC(Sc1ncccn1)C(=O)Nc1nc(-c2cccc([N+](=O)[O-])c2)cs1. The molecule has 0 saturated carbocycles. The van der Waals surface area contributed by atoms with Crippen LogP contribution in [0.5, 0.6) is 0 Å². The topological polar surface area (TPSA) is 111 Å². The highest BCUT2D eigenvalue weighted by Crippen LogP contribution is 2.28. The molecule has 0 bridgehead atoms. The van der Waals surface area contributed by atoms with Crippen molar-refractivity contribution in [2.75, 3.05) is 5.32 Å². The van der Waals surface area contributed by atoms with Crippen molar-refractivity contribution in [2.45, 2.75) is 17.3 Å². The van der Waals surface area contributed by atoms with Gasteiger partial charge in [0.1, 0.15) is 0 Å². The van der Waals surface area contributed by atoms with Gasteiger partial charge in [-0.05, 0) is 13.0 Å². The summed E-state index contributed by atoms with van der Waals surface area (Å²) < 4.78 is 0. The van der Waals surface area contributed by atoms with Crippen LogP contribution in [0.3, 0.4) is 0 Å². The van der Waals surface area contributed by atoms with E-state index in [4.69, 9.17) is 0 Å². The van der Waals surface area contributed by atoms with E-state index in [0.717, 1.165) is 0 Å². The number of nitro groups is 1. The van der Waals surface area contributed by atoms with Crippen molar-refractivity contribution < 1.29 is 9.72 Å². The summed E-state index contributed by atoms with van der Waals surface area (Å²) in [7, 11) is 0. The molecular formula is C16H13N5O3S2. The van der Waals surface area contributed by atoms with E-state index in [9.17, 15) is 14.9 Å². The van der Waals surface area contributed by atoms with E-state index in [1.807, 2.05) is 0 Å². The summed E-state index contributed by atoms with van der Waals surface area (Å²) in [6.45, 7) is 1.76. The molecule has 2 aromatic heterocycles. The van der Waals surface area contributed by atoms with E-state index in [1.165, 1.54) is 35.2 Å². The molecule has 10 heteroatoms. The van der Waals surface area contributed by atoms with Gasteiger partial charge in [-0.3, -0.25) is 14.9 Å². The van der Waals surface area contributed by atoms with E-state index in [0.29, 0.717) is 21.5 Å². The minimum Gasteiger partial charge on any atom is -0.301 e. The van der Waals surface area contributed by atoms with Crippen LogP contribution in [-0.4, -0.2) is 31.0 Å². The fourth-order valence-electron chi connectivity index (χ4n) is 2.01. The smallest absolute Gasteiger partial charge is 0.270 e. The Bertz CT molecular complexity index is 932. The van der Waals surface area contributed by atoms with Gasteiger partial charge in [-0.15, -0.1) is 11.3 Å². The minimum absolute atomic E-state index is 0.00558. The van der Waals surface area contributed by atoms with E-state index >= 15 is 0 Å². The largest absolute Gasteiger partial charge is 0.301 e. The van der Waals surface area contributed by atoms with Crippen molar-refractivity contribution in [2.24, 2.45) is 0 Å². The lowest BCUT2D eigenvalue weighted by Gasteiger charge is -2.08. The Balaban J connectivity index is 1.67. The number of hydrogen-bond acceptors (Lipinski definition) is 8. The molecule has 2 heterocycles. The third kappa shape index (κ3) is 4.41. The number of nitro benzene ring substituents is 1. The zero-order valence-corrected chi connectivity index (χ0v) is 15.2. The summed E-state index contributed by atoms with van der Waals surface area (Å²) in [6, 6.07) is 7.91. The number of aromatic nitrogens is 3. The fourth-order valence-corrected chi connectivity index (χ4v) is 3.46. The normalized spacial score (nSPS) is 11.7. The third-order valence-electron chi connectivity index (χ3n) is 3.28. The highest BCUT2D eigenvalue weighted by molar-refractivity contribution is 8.00. The second kappa shape index (κ2) is 8.02. The van der Waals surface area contributed by atoms with Crippen LogP contribution in [0, 0.1) is 10.1 Å². The van der Waals surface area contributed by atoms with Crippen LogP contribution < -0.4 is 5.32 Å². The molecule has 1 aromatic carbocycles. The lowest BCUT2D eigenvalue weighted by Crippen LogP contribution is -2.22. The molecule has 26 heavy (non-hydrogen) atoms. The number of anilines is 1. The van der Waals surface area contributed by atoms with Gasteiger partial charge in [0.05, 0.1) is 15.9 Å². The van der Waals surface area contributed by atoms with E-state index in [-0.39, 0.29) is 11.6 Å². The number of nitrogens with one attached hydrogen (secondary N) is 1. The van der Waals surface area contributed by atoms with Gasteiger partial charge in [0.2, 0.25) is 5.91 Å². The second-order valence-corrected chi connectivity index (χ2v) is 7.29. The van der Waals surface area contributed by atoms with Gasteiger partial charge in [-0.2, -0.15) is 0 Å². The van der Waals surface area contributed by atoms with Crippen molar-refractivity contribution in [1.29, 1.82) is 0 Å². The first-order valence-electron chi connectivity index (χ1n) is 7.48. The number of rotatable bonds is 6. The molecule has 1 N–H and O–H groups in total. The van der Waals surface area contributed by atoms with Crippen molar-refractivity contribution in [3.63, 3.8) is 0 Å². The van der Waals surface area contributed by atoms with Crippen LogP contribution in [0.1, 0.15) is 6.92 Å². The molecular weight excluding hydrogens is 374 g/mol. The Hall–Kier alpha value is -2.85. The Morgan fingerprint density at radius 2 is 2.08 bits per heavy atom. The molecule has 0 aliphatic rings. The minimum atomic E-state index is -0.455. The van der Waals surface area contributed by atoms with Crippen LogP contribution in [0.2, 0.25) is 0 Å². The quantitative estimate of drug-likeness (QED) is 0.297. The van der Waals surface area contributed by atoms with Crippen LogP contribution >= 0.6 is 23.1 Å². The van der Waals surface area contributed by atoms with Gasteiger partial charge < -0.3 is 5.32 Å². The number of benzene rings is 1. The van der Waals surface area contributed by atoms with Gasteiger partial charge in [-0.25, -0.2) is 15.0 Å². The number of thiazole rings is 1. The third-order valence-corrected chi connectivity index (χ3v) is 5.03. The van der Waals surface area contributed by atoms with E-state index in [2.05, 4.69) is 20.3 Å². The maximum Gasteiger partial charge on any atom is 0.270 e. The summed E-state index contributed by atoms with van der Waals surface area (Å²) in [4.78, 5) is 35.2. The van der Waals surface area contributed by atoms with Crippen molar-refractivity contribution in [3.05, 3.63) is 58.2 Å². The molecule has 0 saturated heterocycles. The van der Waals surface area contributed by atoms with E-state index in [1.54, 1.807) is 42.9 Å². The van der Waals surface area contributed by atoms with Crippen LogP contribution in [-0.2, 0) is 4.79 Å². The molecule has 1 amide bonds. The van der Waals surface area contributed by atoms with Gasteiger partial charge in [-0.1, -0.05) is 23.9 Å². The number of amides is 1. The van der Waals surface area contributed by atoms with Crippen LogP contribution in [0.15, 0.2) is 53.3 Å². The Morgan fingerprint density at radius 1 is 1.31 bits per heavy atom. The maximum absolute atomic E-state index is 12.3. The maximum atomic E-state index is 12.3. The number of hydrogen-bond donors (Lipinski definition) is 1. The van der Waals surface area contributed by atoms with Crippen LogP contribution in [0.4, 0.5) is 10.8 Å². The number of non-ortho nitro benzene ring substituents is 1. The fraction of sp³-hybridized carbons (Fsp3) is 0.125. The lowest BCUT2D eigenvalue weighted by atomic mass is 10.1. The highest BCUT2D eigenvalue weighted by atomic mass is 32.2. The van der Waals surface area contributed by atoms with Crippen molar-refractivity contribution in [3.8, 4) is 11.3 Å². The Labute approximate surface area is 156 Å². The average molecular weight is 387 g/mol. The van der Waals surface area contributed by atoms with Gasteiger partial charge in [0, 0.05) is 35.5 Å². The second-order valence-electron chi connectivity index (χ2n) is 5.13. The molecule has 3 rings (SSSR count). The highest BCUT2D eigenvalue weighted by Gasteiger charge is 2.18. The Kier molecular flexibility index (Phi) is 5.54. The molecule has 0 aliphatic carbocycles. The Morgan fingerprint density at radius 3 is 2.81 bits per heavy atom. The first-order valence-corrected chi connectivity index (χ1v) is 9.24. The first kappa shape index (κ1) is 18.0. The zero-order chi connectivity index (χ0) is 18.5. The average Bonchev–Trinajstić information content (AvgIpc) is 3.11. The molecule has 0 fully saturated rings. The van der Waals surface area contributed by atoms with Crippen LogP contribution in [0.25, 0.3) is 11.3 Å². The molecule has 1 atom stereocenters. The lowest BCUT2D eigenvalue weighted by molar-refractivity contribution is -0.384. The molecule has 132 valence electrons. The van der Waals surface area contributed by atoms with Gasteiger partial charge in [0.25, 0.3) is 5.69 Å². The molecule has 0 radical (unpaired) electrons. The predicted octanol–water partition coefficient (Wildman–Crippen LogP) is 3.63. The molecule has 3 aromatic rings. The zero-order valence-electron chi connectivity index (χ0n) is 13.5. The van der Waals surface area contributed by atoms with Crippen molar-refractivity contribution >= 4 is 39.8 Å². The number of carbonyl (C=O) groups is 1. The van der Waals surface area contributed by atoms with Crippen molar-refractivity contribution in [1.82, 2.24) is 15.0 Å². The summed E-state index contributed by atoms with van der Waals surface area (Å²) in [6.07, 6.45) is 3.23. The summed E-state index contributed by atoms with van der Waals surface area (Å²) in [5.41, 5.74) is 1.19. The monoisotopic (exact) mass is 387 g/mol. The summed E-state index contributed by atoms with van der Waals surface area (Å²) in [5.74, 6) is -0.220. The number of nitrogens with zero attached hydrogens (tertiary/aromatic N) is 4. The summed E-state index contributed by atoms with van der Waals surface area (Å²) >= 11 is 2.50. The standard InChI is InChI=1S/C16H13N5O3S2/c1-10(26-15-17-6-3-7-18-15)14(22)20-16-19-13(9-25-16)11-4-2-5-12(8-11)21(23)24/h2-10H,1H3,(H,19,20,22). The number of carbonyl (C=O) groups excluding carboxylic acids is 1. The first-order chi connectivity index (χ1) is 12.5. The molecule has 0 aliphatic heterocycles. The molecule has 0 spiro atoms. The summed E-state index contributed by atoms with van der Waals surface area (Å²) in [5, 5.41) is 15.9. The molecule has 1 unspecified atom stereocenters. The van der Waals surface area contributed by atoms with Gasteiger partial charge in [0.15, 0.2) is 10.3 Å². The molecule has 8 nitrogen and oxygen atoms in total. The number of thioether (sulfide) groups is 1.